The molecule has 1 fully saturated rings. The summed E-state index contributed by atoms with van der Waals surface area (Å²) in [7, 11) is 0. The van der Waals surface area contributed by atoms with Crippen molar-refractivity contribution >= 4 is 27.3 Å². The van der Waals surface area contributed by atoms with E-state index in [0.717, 1.165) is 26.0 Å². The third kappa shape index (κ3) is 4.05. The summed E-state index contributed by atoms with van der Waals surface area (Å²) < 4.78 is 6.99. The number of nitrogens with one attached hydrogen (secondary N) is 1. The predicted molar refractivity (Wildman–Crippen MR) is 76.5 cm³/mol. The molecule has 1 saturated heterocycles. The fourth-order valence-corrected chi connectivity index (χ4v) is 3.72. The van der Waals surface area contributed by atoms with Crippen molar-refractivity contribution in [3.05, 3.63) is 20.8 Å². The van der Waals surface area contributed by atoms with Crippen molar-refractivity contribution in [1.82, 2.24) is 5.32 Å². The van der Waals surface area contributed by atoms with Crippen LogP contribution in [0.4, 0.5) is 0 Å². The lowest BCUT2D eigenvalue weighted by atomic mass is 10.0. The molecule has 0 radical (unpaired) electrons. The molecule has 1 aliphatic heterocycles. The Bertz CT molecular complexity index is 340. The van der Waals surface area contributed by atoms with Crippen LogP contribution in [0, 0.1) is 0 Å². The lowest BCUT2D eigenvalue weighted by molar-refractivity contribution is -0.00339. The summed E-state index contributed by atoms with van der Waals surface area (Å²) in [6, 6.07) is 2.74. The standard InChI is InChI=1S/C13H20BrNOS/c1-2-3-11-8-10(4-6-16-11)15-9-13-12(14)5-7-17-13/h5,7,10-11,15H,2-4,6,8-9H2,1H3. The van der Waals surface area contributed by atoms with E-state index in [1.807, 2.05) is 11.3 Å². The van der Waals surface area contributed by atoms with E-state index in [4.69, 9.17) is 4.74 Å². The van der Waals surface area contributed by atoms with E-state index in [9.17, 15) is 0 Å². The molecule has 17 heavy (non-hydrogen) atoms. The second kappa shape index (κ2) is 6.88. The van der Waals surface area contributed by atoms with E-state index in [1.54, 1.807) is 0 Å². The van der Waals surface area contributed by atoms with Crippen molar-refractivity contribution in [2.75, 3.05) is 6.61 Å². The average molecular weight is 318 g/mol. The van der Waals surface area contributed by atoms with Gasteiger partial charge in [0.05, 0.1) is 6.10 Å². The molecule has 0 amide bonds. The Morgan fingerprint density at radius 3 is 3.18 bits per heavy atom. The van der Waals surface area contributed by atoms with Crippen LogP contribution in [0.5, 0.6) is 0 Å². The van der Waals surface area contributed by atoms with Gasteiger partial charge < -0.3 is 10.1 Å². The Morgan fingerprint density at radius 1 is 1.59 bits per heavy atom. The first-order valence-electron chi connectivity index (χ1n) is 6.36. The van der Waals surface area contributed by atoms with Crippen LogP contribution >= 0.6 is 27.3 Å². The van der Waals surface area contributed by atoms with Gasteiger partial charge >= 0.3 is 0 Å². The normalized spacial score (nSPS) is 25.1. The van der Waals surface area contributed by atoms with Gasteiger partial charge in [0.15, 0.2) is 0 Å². The van der Waals surface area contributed by atoms with Crippen LogP contribution in [-0.4, -0.2) is 18.8 Å². The zero-order chi connectivity index (χ0) is 12.1. The van der Waals surface area contributed by atoms with Crippen LogP contribution < -0.4 is 5.32 Å². The zero-order valence-corrected chi connectivity index (χ0v) is 12.6. The summed E-state index contributed by atoms with van der Waals surface area (Å²) in [5.74, 6) is 0. The van der Waals surface area contributed by atoms with Gasteiger partial charge in [-0.05, 0) is 46.6 Å². The van der Waals surface area contributed by atoms with E-state index in [1.165, 1.54) is 22.2 Å². The van der Waals surface area contributed by atoms with Crippen LogP contribution in [0.3, 0.4) is 0 Å². The molecule has 96 valence electrons. The van der Waals surface area contributed by atoms with Crippen LogP contribution in [0.2, 0.25) is 0 Å². The number of thiophene rings is 1. The van der Waals surface area contributed by atoms with Crippen molar-refractivity contribution in [2.24, 2.45) is 0 Å². The minimum absolute atomic E-state index is 0.470. The minimum Gasteiger partial charge on any atom is -0.378 e. The maximum absolute atomic E-state index is 5.76. The molecule has 0 spiro atoms. The highest BCUT2D eigenvalue weighted by Gasteiger charge is 2.21. The van der Waals surface area contributed by atoms with Crippen LogP contribution in [-0.2, 0) is 11.3 Å². The molecule has 0 bridgehead atoms. The Hall–Kier alpha value is 0.1000. The topological polar surface area (TPSA) is 21.3 Å². The maximum atomic E-state index is 5.76. The third-order valence-corrected chi connectivity index (χ3v) is 5.15. The maximum Gasteiger partial charge on any atom is 0.0589 e. The number of halogens is 1. The molecular weight excluding hydrogens is 298 g/mol. The Kier molecular flexibility index (Phi) is 5.48. The van der Waals surface area contributed by atoms with Gasteiger partial charge in [0, 0.05) is 28.5 Å². The molecule has 1 aromatic rings. The van der Waals surface area contributed by atoms with Gasteiger partial charge in [0.25, 0.3) is 0 Å². The monoisotopic (exact) mass is 317 g/mol. The summed E-state index contributed by atoms with van der Waals surface area (Å²) in [6.07, 6.45) is 5.19. The van der Waals surface area contributed by atoms with Crippen LogP contribution in [0.15, 0.2) is 15.9 Å². The molecule has 1 aromatic heterocycles. The average Bonchev–Trinajstić information content (AvgIpc) is 2.73. The number of hydrogen-bond acceptors (Lipinski definition) is 3. The van der Waals surface area contributed by atoms with E-state index in [0.29, 0.717) is 12.1 Å². The van der Waals surface area contributed by atoms with Crippen LogP contribution in [0.25, 0.3) is 0 Å². The first-order chi connectivity index (χ1) is 8.29. The molecule has 2 heterocycles. The minimum atomic E-state index is 0.470. The Morgan fingerprint density at radius 2 is 2.47 bits per heavy atom. The first-order valence-corrected chi connectivity index (χ1v) is 8.03. The molecule has 2 unspecified atom stereocenters. The number of rotatable bonds is 5. The lowest BCUT2D eigenvalue weighted by Gasteiger charge is -2.30. The fourth-order valence-electron chi connectivity index (χ4n) is 2.28. The third-order valence-electron chi connectivity index (χ3n) is 3.22. The van der Waals surface area contributed by atoms with Crippen molar-refractivity contribution in [2.45, 2.75) is 51.3 Å². The highest BCUT2D eigenvalue weighted by atomic mass is 79.9. The molecule has 0 saturated carbocycles. The van der Waals surface area contributed by atoms with Crippen molar-refractivity contribution in [3.8, 4) is 0 Å². The van der Waals surface area contributed by atoms with Gasteiger partial charge in [-0.25, -0.2) is 0 Å². The van der Waals surface area contributed by atoms with E-state index in [-0.39, 0.29) is 0 Å². The molecule has 4 heteroatoms. The van der Waals surface area contributed by atoms with E-state index in [2.05, 4.69) is 39.6 Å². The van der Waals surface area contributed by atoms with E-state index < -0.39 is 0 Å². The predicted octanol–water partition coefficient (Wildman–Crippen LogP) is 3.95. The quantitative estimate of drug-likeness (QED) is 0.888. The molecule has 2 nitrogen and oxygen atoms in total. The molecule has 1 aliphatic rings. The summed E-state index contributed by atoms with van der Waals surface area (Å²) in [4.78, 5) is 1.39. The highest BCUT2D eigenvalue weighted by Crippen LogP contribution is 2.23. The van der Waals surface area contributed by atoms with Gasteiger partial charge in [-0.3, -0.25) is 0 Å². The summed E-state index contributed by atoms with van der Waals surface area (Å²) in [5.41, 5.74) is 0. The fraction of sp³-hybridized carbons (Fsp3) is 0.692. The van der Waals surface area contributed by atoms with Gasteiger partial charge in [0.1, 0.15) is 0 Å². The molecule has 0 aromatic carbocycles. The van der Waals surface area contributed by atoms with Gasteiger partial charge in [-0.2, -0.15) is 0 Å². The molecule has 2 atom stereocenters. The zero-order valence-electron chi connectivity index (χ0n) is 10.2. The van der Waals surface area contributed by atoms with E-state index >= 15 is 0 Å². The van der Waals surface area contributed by atoms with Crippen LogP contribution in [0.1, 0.15) is 37.5 Å². The Balaban J connectivity index is 1.77. The molecule has 2 rings (SSSR count). The molecule has 0 aliphatic carbocycles. The summed E-state index contributed by atoms with van der Waals surface area (Å²) >= 11 is 5.38. The smallest absolute Gasteiger partial charge is 0.0589 e. The van der Waals surface area contributed by atoms with Crippen molar-refractivity contribution in [3.63, 3.8) is 0 Å². The number of ether oxygens (including phenoxy) is 1. The highest BCUT2D eigenvalue weighted by molar-refractivity contribution is 9.10. The Labute approximate surface area is 116 Å². The van der Waals surface area contributed by atoms with Gasteiger partial charge in [-0.15, -0.1) is 11.3 Å². The van der Waals surface area contributed by atoms with Crippen molar-refractivity contribution < 1.29 is 4.74 Å². The second-order valence-corrected chi connectivity index (χ2v) is 6.43. The summed E-state index contributed by atoms with van der Waals surface area (Å²) in [5, 5.41) is 5.78. The molecule has 1 N–H and O–H groups in total. The SMILES string of the molecule is CCCC1CC(NCc2sccc2Br)CCO1. The lowest BCUT2D eigenvalue weighted by Crippen LogP contribution is -2.38. The van der Waals surface area contributed by atoms with Gasteiger partial charge in [0.2, 0.25) is 0 Å². The molecular formula is C13H20BrNOS. The number of hydrogen-bond donors (Lipinski definition) is 1. The second-order valence-electron chi connectivity index (χ2n) is 4.58. The van der Waals surface area contributed by atoms with Crippen molar-refractivity contribution in [1.29, 1.82) is 0 Å². The largest absolute Gasteiger partial charge is 0.378 e. The van der Waals surface area contributed by atoms with Gasteiger partial charge in [-0.1, -0.05) is 13.3 Å². The summed E-state index contributed by atoms with van der Waals surface area (Å²) in [6.45, 7) is 4.11. The first kappa shape index (κ1) is 13.5.